The summed E-state index contributed by atoms with van der Waals surface area (Å²) in [6.45, 7) is 0. The van der Waals surface area contributed by atoms with Crippen molar-refractivity contribution in [3.8, 4) is 5.75 Å². The molecule has 3 aliphatic rings. The quantitative estimate of drug-likeness (QED) is 0.516. The van der Waals surface area contributed by atoms with Gasteiger partial charge in [-0.15, -0.1) is 0 Å². The van der Waals surface area contributed by atoms with Gasteiger partial charge < -0.3 is 25.7 Å². The van der Waals surface area contributed by atoms with E-state index in [1.807, 2.05) is 30.5 Å². The molecule has 2 aromatic carbocycles. The molecular formula is C27H25N4O+. The fourth-order valence-electron chi connectivity index (χ4n) is 4.46. The number of anilines is 1. The fourth-order valence-corrected chi connectivity index (χ4v) is 4.46. The second-order valence-electron chi connectivity index (χ2n) is 8.23. The van der Waals surface area contributed by atoms with Crippen molar-refractivity contribution in [1.29, 1.82) is 0 Å². The van der Waals surface area contributed by atoms with E-state index in [0.29, 0.717) is 0 Å². The van der Waals surface area contributed by atoms with E-state index < -0.39 is 0 Å². The van der Waals surface area contributed by atoms with Gasteiger partial charge in [0.1, 0.15) is 23.5 Å². The lowest BCUT2D eigenvalue weighted by Crippen LogP contribution is -2.90. The summed E-state index contributed by atoms with van der Waals surface area (Å²) >= 11 is 0. The molecule has 3 aliphatic heterocycles. The van der Waals surface area contributed by atoms with Crippen molar-refractivity contribution in [2.24, 2.45) is 0 Å². The van der Waals surface area contributed by atoms with Crippen LogP contribution in [-0.2, 0) is 0 Å². The van der Waals surface area contributed by atoms with E-state index in [0.717, 1.165) is 28.4 Å². The van der Waals surface area contributed by atoms with Gasteiger partial charge in [-0.05, 0) is 48.6 Å². The maximum absolute atomic E-state index is 6.12. The van der Waals surface area contributed by atoms with Crippen molar-refractivity contribution >= 4 is 17.1 Å². The number of hydrogen-bond acceptors (Lipinski definition) is 3. The largest absolute Gasteiger partial charge is 0.464 e. The van der Waals surface area contributed by atoms with E-state index >= 15 is 0 Å². The lowest BCUT2D eigenvalue weighted by Gasteiger charge is -2.27. The van der Waals surface area contributed by atoms with Crippen LogP contribution in [0.3, 0.4) is 0 Å². The van der Waals surface area contributed by atoms with Gasteiger partial charge in [0.05, 0.1) is 17.1 Å². The van der Waals surface area contributed by atoms with Crippen LogP contribution in [-0.4, -0.2) is 17.1 Å². The maximum atomic E-state index is 6.12. The summed E-state index contributed by atoms with van der Waals surface area (Å²) in [5.74, 6) is 0.892. The predicted octanol–water partition coefficient (Wildman–Crippen LogP) is 3.93. The number of hydrogen-bond donors (Lipinski definition) is 4. The zero-order valence-electron chi connectivity index (χ0n) is 17.5. The Labute approximate surface area is 187 Å². The lowest BCUT2D eigenvalue weighted by molar-refractivity contribution is -0.593. The molecule has 5 N–H and O–H groups in total. The second-order valence-corrected chi connectivity index (χ2v) is 8.23. The van der Waals surface area contributed by atoms with Crippen molar-refractivity contribution < 1.29 is 10.1 Å². The summed E-state index contributed by atoms with van der Waals surface area (Å²) in [5.41, 5.74) is 6.78. The smallest absolute Gasteiger partial charge is 0.196 e. The van der Waals surface area contributed by atoms with Gasteiger partial charge >= 0.3 is 0 Å². The normalized spacial score (nSPS) is 23.4. The minimum absolute atomic E-state index is 0.145. The number of H-pyrrole nitrogens is 1. The molecule has 158 valence electrons. The van der Waals surface area contributed by atoms with Gasteiger partial charge in [-0.25, -0.2) is 0 Å². The van der Waals surface area contributed by atoms with E-state index in [1.165, 1.54) is 11.3 Å². The Hall–Kier alpha value is -3.96. The number of aromatic nitrogens is 1. The molecule has 0 saturated heterocycles. The highest BCUT2D eigenvalue weighted by Crippen LogP contribution is 2.39. The summed E-state index contributed by atoms with van der Waals surface area (Å²) in [5, 5.41) is 9.51. The molecule has 0 fully saturated rings. The number of benzene rings is 2. The van der Waals surface area contributed by atoms with Crippen LogP contribution >= 0.6 is 0 Å². The van der Waals surface area contributed by atoms with E-state index in [4.69, 9.17) is 4.74 Å². The van der Waals surface area contributed by atoms with Crippen molar-refractivity contribution in [3.05, 3.63) is 120 Å². The molecule has 0 spiro atoms. The van der Waals surface area contributed by atoms with Crippen molar-refractivity contribution in [2.45, 2.75) is 18.3 Å². The van der Waals surface area contributed by atoms with E-state index in [1.54, 1.807) is 0 Å². The van der Waals surface area contributed by atoms with Gasteiger partial charge in [-0.3, -0.25) is 0 Å². The fraction of sp³-hybridized carbons (Fsp3) is 0.111. The Morgan fingerprint density at radius 3 is 2.62 bits per heavy atom. The monoisotopic (exact) mass is 421 g/mol. The minimum atomic E-state index is -0.145. The van der Waals surface area contributed by atoms with Crippen molar-refractivity contribution in [2.75, 3.05) is 5.32 Å². The van der Waals surface area contributed by atoms with Crippen LogP contribution in [0.15, 0.2) is 103 Å². The Bertz CT molecular complexity index is 1240. The molecule has 3 aromatic rings. The van der Waals surface area contributed by atoms with E-state index in [9.17, 15) is 0 Å². The second kappa shape index (κ2) is 7.94. The molecule has 0 bridgehead atoms. The Morgan fingerprint density at radius 1 is 0.844 bits per heavy atom. The first-order chi connectivity index (χ1) is 15.8. The number of nitrogens with one attached hydrogen (secondary N) is 3. The summed E-state index contributed by atoms with van der Waals surface area (Å²) < 4.78 is 6.12. The number of ether oxygens (including phenoxy) is 1. The van der Waals surface area contributed by atoms with Crippen molar-refractivity contribution in [3.63, 3.8) is 0 Å². The highest BCUT2D eigenvalue weighted by molar-refractivity contribution is 5.71. The third-order valence-corrected chi connectivity index (χ3v) is 6.13. The molecule has 1 aromatic heterocycles. The Kier molecular flexibility index (Phi) is 4.66. The molecule has 5 nitrogen and oxygen atoms in total. The van der Waals surface area contributed by atoms with E-state index in [2.05, 4.69) is 93.8 Å². The number of dihydropyridines is 1. The molecule has 6 rings (SSSR count). The van der Waals surface area contributed by atoms with E-state index in [-0.39, 0.29) is 18.3 Å². The van der Waals surface area contributed by atoms with Crippen LogP contribution in [0.25, 0.3) is 11.4 Å². The first kappa shape index (κ1) is 18.8. The molecule has 4 heterocycles. The number of aromatic amines is 1. The van der Waals surface area contributed by atoms with Crippen LogP contribution in [0.1, 0.15) is 23.0 Å². The van der Waals surface area contributed by atoms with Gasteiger partial charge in [0.15, 0.2) is 6.23 Å². The average Bonchev–Trinajstić information content (AvgIpc) is 3.55. The van der Waals surface area contributed by atoms with Crippen LogP contribution < -0.4 is 20.7 Å². The molecule has 3 atom stereocenters. The number of allylic oxidation sites excluding steroid dienone is 4. The molecular weight excluding hydrogens is 396 g/mol. The zero-order chi connectivity index (χ0) is 21.3. The summed E-state index contributed by atoms with van der Waals surface area (Å²) in [6, 6.07) is 21.2. The predicted molar refractivity (Wildman–Crippen MR) is 128 cm³/mol. The minimum Gasteiger partial charge on any atom is -0.464 e. The first-order valence-corrected chi connectivity index (χ1v) is 11.0. The molecule has 32 heavy (non-hydrogen) atoms. The Balaban J connectivity index is 1.17. The average molecular weight is 422 g/mol. The van der Waals surface area contributed by atoms with Crippen molar-refractivity contribution in [1.82, 2.24) is 10.3 Å². The molecule has 0 radical (unpaired) electrons. The van der Waals surface area contributed by atoms with Crippen LogP contribution in [0, 0.1) is 0 Å². The van der Waals surface area contributed by atoms with Gasteiger partial charge in [0, 0.05) is 17.3 Å². The SMILES string of the molecule is C1=CC(C2C=CC=C(c3ccc4c(c3)NC(c3ccccc3)O4)[NH2+]2)NC(c2ccc[nH]2)=C1. The summed E-state index contributed by atoms with van der Waals surface area (Å²) in [7, 11) is 0. The van der Waals surface area contributed by atoms with Gasteiger partial charge in [-0.2, -0.15) is 0 Å². The standard InChI is InChI=1S/C27H24N4O/c1-2-7-18(8-3-1)27-31-25-17-19(14-15-26(25)32-27)20-9-4-11-23(29-20)24-12-5-10-22(30-24)21-13-6-16-28-21/h1-17,23-24,27-31H/p+1. The third kappa shape index (κ3) is 3.53. The molecule has 0 aliphatic carbocycles. The molecule has 5 heteroatoms. The molecule has 0 saturated carbocycles. The number of nitrogens with two attached hydrogens (primary N) is 1. The lowest BCUT2D eigenvalue weighted by atomic mass is 9.99. The summed E-state index contributed by atoms with van der Waals surface area (Å²) in [6.07, 6.45) is 14.9. The zero-order valence-corrected chi connectivity index (χ0v) is 17.5. The van der Waals surface area contributed by atoms with Gasteiger partial charge in [0.25, 0.3) is 0 Å². The highest BCUT2D eigenvalue weighted by atomic mass is 16.5. The number of fused-ring (bicyclic) bond motifs is 1. The van der Waals surface area contributed by atoms with Gasteiger partial charge in [0.2, 0.25) is 0 Å². The molecule has 3 unspecified atom stereocenters. The van der Waals surface area contributed by atoms with Crippen LogP contribution in [0.4, 0.5) is 5.69 Å². The first-order valence-electron chi connectivity index (χ1n) is 11.0. The highest BCUT2D eigenvalue weighted by Gasteiger charge is 2.28. The van der Waals surface area contributed by atoms with Crippen LogP contribution in [0.2, 0.25) is 0 Å². The third-order valence-electron chi connectivity index (χ3n) is 6.13. The summed E-state index contributed by atoms with van der Waals surface area (Å²) in [4.78, 5) is 3.28. The topological polar surface area (TPSA) is 65.7 Å². The number of quaternary nitrogens is 1. The number of rotatable bonds is 4. The Morgan fingerprint density at radius 2 is 1.75 bits per heavy atom. The maximum Gasteiger partial charge on any atom is 0.196 e. The van der Waals surface area contributed by atoms with Crippen LogP contribution in [0.5, 0.6) is 5.75 Å². The molecule has 0 amide bonds. The van der Waals surface area contributed by atoms with Gasteiger partial charge in [-0.1, -0.05) is 48.6 Å².